The van der Waals surface area contributed by atoms with Gasteiger partial charge in [0.2, 0.25) is 5.91 Å². The van der Waals surface area contributed by atoms with E-state index in [1.165, 1.54) is 34.6 Å². The summed E-state index contributed by atoms with van der Waals surface area (Å²) in [5.74, 6) is -1.55. The van der Waals surface area contributed by atoms with Gasteiger partial charge in [-0.05, 0) is 11.6 Å². The predicted octanol–water partition coefficient (Wildman–Crippen LogP) is 1.60. The second-order valence-electron chi connectivity index (χ2n) is 6.94. The number of thioether (sulfide) groups is 2. The molecule has 1 aromatic carbocycles. The number of aromatic nitrogens is 1. The Kier molecular flexibility index (Phi) is 6.30. The van der Waals surface area contributed by atoms with Crippen LogP contribution in [0.2, 0.25) is 0 Å². The lowest BCUT2D eigenvalue weighted by molar-refractivity contribution is -0.150. The average Bonchev–Trinajstić information content (AvgIpc) is 2.78. The smallest absolute Gasteiger partial charge is 0.353 e. The van der Waals surface area contributed by atoms with E-state index >= 15 is 0 Å². The molecule has 0 aliphatic carbocycles. The van der Waals surface area contributed by atoms with Crippen LogP contribution in [0.15, 0.2) is 64.3 Å². The number of nitrogens with one attached hydrogen (secondary N) is 1. The number of carbonyl (C=O) groups is 3. The van der Waals surface area contributed by atoms with Gasteiger partial charge in [0, 0.05) is 33.5 Å². The highest BCUT2D eigenvalue weighted by molar-refractivity contribution is 8.06. The lowest BCUT2D eigenvalue weighted by Gasteiger charge is -2.49. The number of carbonyl (C=O) groups excluding carboxylic acids is 2. The van der Waals surface area contributed by atoms with Crippen molar-refractivity contribution in [3.8, 4) is 0 Å². The molecule has 4 rings (SSSR count). The summed E-state index contributed by atoms with van der Waals surface area (Å²) in [6, 6.07) is 10.1. The summed E-state index contributed by atoms with van der Waals surface area (Å²) in [6.45, 7) is -0.222. The third-order valence-corrected chi connectivity index (χ3v) is 7.59. The number of benzene rings is 1. The van der Waals surface area contributed by atoms with Gasteiger partial charge in [-0.3, -0.25) is 19.5 Å². The number of carboxylic acids is 1. The molecule has 0 radical (unpaired) electrons. The summed E-state index contributed by atoms with van der Waals surface area (Å²) in [4.78, 5) is 43.5. The molecule has 1 saturated heterocycles. The van der Waals surface area contributed by atoms with Crippen LogP contribution in [0.1, 0.15) is 11.1 Å². The first-order chi connectivity index (χ1) is 15.0. The maximum Gasteiger partial charge on any atom is 0.353 e. The summed E-state index contributed by atoms with van der Waals surface area (Å²) >= 11 is 2.61. The monoisotopic (exact) mass is 457 g/mol. The minimum atomic E-state index is -1.20. The molecule has 0 unspecified atom stereocenters. The lowest BCUT2D eigenvalue weighted by Crippen LogP contribution is -2.70. The molecular formula is C21H19N3O5S2. The molecule has 2 atom stereocenters. The van der Waals surface area contributed by atoms with E-state index in [0.29, 0.717) is 21.1 Å². The summed E-state index contributed by atoms with van der Waals surface area (Å²) in [5, 5.41) is 21.6. The molecule has 31 heavy (non-hydrogen) atoms. The normalized spacial score (nSPS) is 20.2. The van der Waals surface area contributed by atoms with Gasteiger partial charge in [0.25, 0.3) is 5.91 Å². The highest BCUT2D eigenvalue weighted by atomic mass is 32.2. The first kappa shape index (κ1) is 21.4. The van der Waals surface area contributed by atoms with Gasteiger partial charge in [0.15, 0.2) is 0 Å². The summed E-state index contributed by atoms with van der Waals surface area (Å²) < 4.78 is 0. The van der Waals surface area contributed by atoms with Gasteiger partial charge in [0.05, 0.1) is 13.0 Å². The van der Waals surface area contributed by atoms with Gasteiger partial charge < -0.3 is 15.5 Å². The van der Waals surface area contributed by atoms with Crippen molar-refractivity contribution in [3.63, 3.8) is 0 Å². The molecule has 160 valence electrons. The number of hydrogen-bond donors (Lipinski definition) is 3. The van der Waals surface area contributed by atoms with Crippen molar-refractivity contribution < 1.29 is 24.6 Å². The molecule has 10 heteroatoms. The third-order valence-electron chi connectivity index (χ3n) is 4.92. The van der Waals surface area contributed by atoms with Crippen LogP contribution in [0.25, 0.3) is 0 Å². The number of fused-ring (bicyclic) bond motifs is 1. The summed E-state index contributed by atoms with van der Waals surface area (Å²) in [5.41, 5.74) is 1.34. The van der Waals surface area contributed by atoms with Gasteiger partial charge in [0.1, 0.15) is 17.1 Å². The maximum atomic E-state index is 12.8. The Morgan fingerprint density at radius 3 is 2.74 bits per heavy atom. The highest BCUT2D eigenvalue weighted by Gasteiger charge is 2.54. The molecule has 0 saturated carbocycles. The predicted molar refractivity (Wildman–Crippen MR) is 116 cm³/mol. The molecule has 3 N–H and O–H groups in total. The van der Waals surface area contributed by atoms with Crippen molar-refractivity contribution in [2.45, 2.75) is 29.3 Å². The number of aliphatic hydroxyl groups is 1. The lowest BCUT2D eigenvalue weighted by atomic mass is 10.0. The average molecular weight is 458 g/mol. The van der Waals surface area contributed by atoms with E-state index in [0.717, 1.165) is 5.56 Å². The maximum absolute atomic E-state index is 12.8. The quantitative estimate of drug-likeness (QED) is 0.537. The minimum Gasteiger partial charge on any atom is -0.477 e. The van der Waals surface area contributed by atoms with E-state index in [1.54, 1.807) is 12.3 Å². The van der Waals surface area contributed by atoms with Crippen LogP contribution in [0.3, 0.4) is 0 Å². The molecule has 1 aromatic heterocycles. The van der Waals surface area contributed by atoms with Gasteiger partial charge in [-0.2, -0.15) is 0 Å². The SMILES string of the molecule is O=C(Cc1ccccc1)N[C@@H]1C(=O)N2C(C(=O)O)=C(Sc3ccncc3CO)CS[C@H]12. The van der Waals surface area contributed by atoms with E-state index in [1.807, 2.05) is 30.3 Å². The zero-order valence-electron chi connectivity index (χ0n) is 16.2. The second kappa shape index (κ2) is 9.13. The summed E-state index contributed by atoms with van der Waals surface area (Å²) in [6.07, 6.45) is 3.24. The molecule has 2 aromatic rings. The van der Waals surface area contributed by atoms with Crippen molar-refractivity contribution >= 4 is 41.3 Å². The minimum absolute atomic E-state index is 0.0759. The van der Waals surface area contributed by atoms with Gasteiger partial charge >= 0.3 is 5.97 Å². The van der Waals surface area contributed by atoms with E-state index in [9.17, 15) is 24.6 Å². The zero-order chi connectivity index (χ0) is 22.0. The fourth-order valence-electron chi connectivity index (χ4n) is 3.44. The molecule has 8 nitrogen and oxygen atoms in total. The van der Waals surface area contributed by atoms with Crippen LogP contribution in [0, 0.1) is 0 Å². The number of aliphatic carboxylic acids is 1. The first-order valence-corrected chi connectivity index (χ1v) is 11.3. The standard InChI is InChI=1S/C21H19N3O5S2/c25-10-13-9-22-7-6-14(13)31-15-11-30-20-17(19(27)24(20)18(15)21(28)29)23-16(26)8-12-4-2-1-3-5-12/h1-7,9,17,20,25H,8,10-11H2,(H,23,26)(H,28,29)/t17-,20-/m1/s1. The molecule has 3 heterocycles. The van der Waals surface area contributed by atoms with Crippen LogP contribution in [-0.2, 0) is 27.4 Å². The van der Waals surface area contributed by atoms with E-state index in [4.69, 9.17) is 0 Å². The molecular weight excluding hydrogens is 438 g/mol. The van der Waals surface area contributed by atoms with Gasteiger partial charge in [-0.1, -0.05) is 42.1 Å². The third kappa shape index (κ3) is 4.32. The van der Waals surface area contributed by atoms with E-state index in [-0.39, 0.29) is 24.6 Å². The molecule has 1 fully saturated rings. The van der Waals surface area contributed by atoms with Crippen molar-refractivity contribution in [2.24, 2.45) is 0 Å². The van der Waals surface area contributed by atoms with Crippen molar-refractivity contribution in [1.82, 2.24) is 15.2 Å². The van der Waals surface area contributed by atoms with Crippen LogP contribution in [0.5, 0.6) is 0 Å². The fourth-order valence-corrected chi connectivity index (χ4v) is 6.00. The van der Waals surface area contributed by atoms with E-state index < -0.39 is 23.3 Å². The number of pyridine rings is 1. The topological polar surface area (TPSA) is 120 Å². The van der Waals surface area contributed by atoms with Crippen LogP contribution >= 0.6 is 23.5 Å². The molecule has 0 spiro atoms. The Balaban J connectivity index is 1.50. The molecule has 2 amide bonds. The molecule has 0 bridgehead atoms. The number of amides is 2. The van der Waals surface area contributed by atoms with Gasteiger partial charge in [-0.15, -0.1) is 11.8 Å². The number of hydrogen-bond acceptors (Lipinski definition) is 7. The highest BCUT2D eigenvalue weighted by Crippen LogP contribution is 2.45. The van der Waals surface area contributed by atoms with E-state index in [2.05, 4.69) is 10.3 Å². The Morgan fingerprint density at radius 1 is 1.26 bits per heavy atom. The largest absolute Gasteiger partial charge is 0.477 e. The van der Waals surface area contributed by atoms with Gasteiger partial charge in [-0.25, -0.2) is 4.79 Å². The molecule has 2 aliphatic rings. The van der Waals surface area contributed by atoms with Crippen molar-refractivity contribution in [2.75, 3.05) is 5.75 Å². The Labute approximate surface area is 186 Å². The Bertz CT molecular complexity index is 1060. The number of aliphatic hydroxyl groups excluding tert-OH is 1. The Hall–Kier alpha value is -2.82. The number of carboxylic acid groups (broad SMARTS) is 1. The van der Waals surface area contributed by atoms with Crippen molar-refractivity contribution in [1.29, 1.82) is 0 Å². The summed E-state index contributed by atoms with van der Waals surface area (Å²) in [7, 11) is 0. The van der Waals surface area contributed by atoms with Crippen LogP contribution in [0.4, 0.5) is 0 Å². The zero-order valence-corrected chi connectivity index (χ0v) is 17.9. The van der Waals surface area contributed by atoms with Crippen LogP contribution in [-0.4, -0.2) is 55.0 Å². The Morgan fingerprint density at radius 2 is 2.03 bits per heavy atom. The number of nitrogens with zero attached hydrogens (tertiary/aromatic N) is 2. The number of β-lactam (4-membered cyclic amide) rings is 1. The van der Waals surface area contributed by atoms with Crippen molar-refractivity contribution in [3.05, 3.63) is 70.5 Å². The first-order valence-electron chi connectivity index (χ1n) is 9.45. The fraction of sp³-hybridized carbons (Fsp3) is 0.238. The number of rotatable bonds is 7. The second-order valence-corrected chi connectivity index (χ2v) is 9.18. The van der Waals surface area contributed by atoms with Crippen LogP contribution < -0.4 is 5.32 Å². The molecule has 2 aliphatic heterocycles.